The largest absolute Gasteiger partial charge is 0.316 e. The molecule has 0 saturated carbocycles. The summed E-state index contributed by atoms with van der Waals surface area (Å²) < 4.78 is 0. The number of hydrogen-bond donors (Lipinski definition) is 3. The molecule has 2 unspecified atom stereocenters. The molecule has 7 fully saturated rings. The predicted molar refractivity (Wildman–Crippen MR) is 345 cm³/mol. The van der Waals surface area contributed by atoms with Crippen LogP contribution in [0.15, 0.2) is 0 Å². The average molecular weight is 1060 g/mol. The molecular formula is C65H151N9. The van der Waals surface area contributed by atoms with Gasteiger partial charge in [-0.1, -0.05) is 103 Å². The average Bonchev–Trinajstić information content (AvgIpc) is 4.10. The molecule has 9 nitrogen and oxygen atoms in total. The van der Waals surface area contributed by atoms with Gasteiger partial charge in [0, 0.05) is 85.6 Å². The highest BCUT2D eigenvalue weighted by Gasteiger charge is 2.39. The maximum Gasteiger partial charge on any atom is 0.0126 e. The van der Waals surface area contributed by atoms with E-state index in [2.05, 4.69) is 170 Å². The fourth-order valence-electron chi connectivity index (χ4n) is 9.20. The highest BCUT2D eigenvalue weighted by molar-refractivity contribution is 4.95. The fraction of sp³-hybridized carbons (Fsp3) is 1.00. The first-order valence-electron chi connectivity index (χ1n) is 32.2. The zero-order chi connectivity index (χ0) is 59.4. The second-order valence-corrected chi connectivity index (χ2v) is 25.0. The quantitative estimate of drug-likeness (QED) is 0.220. The molecule has 7 aliphatic heterocycles. The summed E-state index contributed by atoms with van der Waals surface area (Å²) >= 11 is 0. The molecule has 0 spiro atoms. The lowest BCUT2D eigenvalue weighted by Crippen LogP contribution is -2.51. The van der Waals surface area contributed by atoms with E-state index < -0.39 is 0 Å². The summed E-state index contributed by atoms with van der Waals surface area (Å²) in [6, 6.07) is 0. The molecule has 0 aromatic carbocycles. The molecular weight excluding hydrogens is 907 g/mol. The van der Waals surface area contributed by atoms with Crippen LogP contribution in [-0.2, 0) is 0 Å². The number of piperidine rings is 1. The van der Waals surface area contributed by atoms with Crippen molar-refractivity contribution in [1.82, 2.24) is 45.3 Å². The van der Waals surface area contributed by atoms with Crippen molar-refractivity contribution in [2.45, 2.75) is 300 Å². The number of piperazine rings is 1. The third-order valence-electron chi connectivity index (χ3n) is 13.9. The minimum atomic E-state index is 0.353. The maximum absolute atomic E-state index is 3.47. The SMILES string of the molecule is CC.CC.CC.CC.CC.CC.CC.CC(C)(C)N1CC2CNCC2C1.CC(C)(C)N1CCC1.CC(C)(C)N1CCCC1.CC(C)(C)N1CCCCC1.CC(C)(C)N1CCCNCC1.CC(C)(C)N1CCNCC1. The first kappa shape index (κ1) is 84.9. The number of nitrogens with one attached hydrogen (secondary N) is 3. The monoisotopic (exact) mass is 1060 g/mol. The van der Waals surface area contributed by atoms with Gasteiger partial charge in [-0.25, -0.2) is 0 Å². The first-order chi connectivity index (χ1) is 34.6. The van der Waals surface area contributed by atoms with Crippen LogP contribution in [0.4, 0.5) is 0 Å². The van der Waals surface area contributed by atoms with Crippen molar-refractivity contribution in [1.29, 1.82) is 0 Å². The van der Waals surface area contributed by atoms with Crippen LogP contribution in [0.3, 0.4) is 0 Å². The van der Waals surface area contributed by atoms with Crippen molar-refractivity contribution in [3.8, 4) is 0 Å². The summed E-state index contributed by atoms with van der Waals surface area (Å²) in [5.74, 6) is 1.87. The Morgan fingerprint density at radius 1 is 0.230 bits per heavy atom. The number of rotatable bonds is 0. The molecule has 2 atom stereocenters. The van der Waals surface area contributed by atoms with Gasteiger partial charge in [0.2, 0.25) is 0 Å². The Morgan fingerprint density at radius 3 is 0.676 bits per heavy atom. The Balaban J connectivity index is -0.000000179. The van der Waals surface area contributed by atoms with Crippen molar-refractivity contribution in [2.24, 2.45) is 11.8 Å². The Labute approximate surface area is 472 Å². The summed E-state index contributed by atoms with van der Waals surface area (Å²) in [5, 5.41) is 10.2. The highest BCUT2D eigenvalue weighted by Crippen LogP contribution is 2.31. The normalized spacial score (nSPS) is 21.6. The lowest BCUT2D eigenvalue weighted by Gasteiger charge is -2.42. The van der Waals surface area contributed by atoms with E-state index in [9.17, 15) is 0 Å². The number of fused-ring (bicyclic) bond motifs is 1. The van der Waals surface area contributed by atoms with E-state index in [1.165, 1.54) is 143 Å². The van der Waals surface area contributed by atoms with E-state index in [-0.39, 0.29) is 0 Å². The Bertz CT molecular complexity index is 1050. The van der Waals surface area contributed by atoms with Crippen LogP contribution >= 0.6 is 0 Å². The Morgan fingerprint density at radius 2 is 0.446 bits per heavy atom. The Kier molecular flexibility index (Phi) is 55.7. The number of nitrogens with zero attached hydrogens (tertiary/aromatic N) is 6. The van der Waals surface area contributed by atoms with Gasteiger partial charge in [-0.3, -0.25) is 29.4 Å². The lowest BCUT2D eigenvalue weighted by molar-refractivity contribution is 0.0690. The predicted octanol–water partition coefficient (Wildman–Crippen LogP) is 15.5. The van der Waals surface area contributed by atoms with Crippen LogP contribution in [0.5, 0.6) is 0 Å². The van der Waals surface area contributed by atoms with Crippen LogP contribution in [0, 0.1) is 11.8 Å². The van der Waals surface area contributed by atoms with Crippen molar-refractivity contribution in [2.75, 3.05) is 118 Å². The van der Waals surface area contributed by atoms with Gasteiger partial charge >= 0.3 is 0 Å². The molecule has 0 radical (unpaired) electrons. The van der Waals surface area contributed by atoms with Crippen LogP contribution < -0.4 is 16.0 Å². The lowest BCUT2D eigenvalue weighted by atomic mass is 10.0. The van der Waals surface area contributed by atoms with Gasteiger partial charge in [-0.2, -0.15) is 0 Å². The molecule has 7 saturated heterocycles. The first-order valence-corrected chi connectivity index (χ1v) is 32.2. The minimum absolute atomic E-state index is 0.353. The Hall–Kier alpha value is -0.360. The van der Waals surface area contributed by atoms with Crippen molar-refractivity contribution in [3.05, 3.63) is 0 Å². The van der Waals surface area contributed by atoms with E-state index in [4.69, 9.17) is 0 Å². The zero-order valence-electron chi connectivity index (χ0n) is 58.0. The summed E-state index contributed by atoms with van der Waals surface area (Å²) in [4.78, 5) is 15.3. The fourth-order valence-corrected chi connectivity index (χ4v) is 9.20. The third kappa shape index (κ3) is 42.6. The minimum Gasteiger partial charge on any atom is -0.316 e. The molecule has 0 aromatic rings. The van der Waals surface area contributed by atoms with Gasteiger partial charge in [0.05, 0.1) is 0 Å². The van der Waals surface area contributed by atoms with Gasteiger partial charge < -0.3 is 16.0 Å². The molecule has 7 aliphatic rings. The summed E-state index contributed by atoms with van der Waals surface area (Å²) in [7, 11) is 0. The van der Waals surface area contributed by atoms with E-state index in [0.717, 1.165) is 31.5 Å². The molecule has 74 heavy (non-hydrogen) atoms. The van der Waals surface area contributed by atoms with Gasteiger partial charge in [0.15, 0.2) is 0 Å². The van der Waals surface area contributed by atoms with Crippen LogP contribution in [-0.4, -0.2) is 180 Å². The van der Waals surface area contributed by atoms with E-state index in [1.807, 2.05) is 96.9 Å². The van der Waals surface area contributed by atoms with Gasteiger partial charge in [-0.05, 0) is 240 Å². The van der Waals surface area contributed by atoms with Crippen molar-refractivity contribution < 1.29 is 0 Å². The van der Waals surface area contributed by atoms with E-state index in [1.54, 1.807) is 0 Å². The molecule has 456 valence electrons. The van der Waals surface area contributed by atoms with Gasteiger partial charge in [-0.15, -0.1) is 0 Å². The van der Waals surface area contributed by atoms with Crippen LogP contribution in [0.2, 0.25) is 0 Å². The molecule has 7 rings (SSSR count). The molecule has 9 heteroatoms. The van der Waals surface area contributed by atoms with Gasteiger partial charge in [0.1, 0.15) is 0 Å². The highest BCUT2D eigenvalue weighted by atomic mass is 15.2. The summed E-state index contributed by atoms with van der Waals surface area (Å²) in [5.41, 5.74) is 2.34. The second-order valence-electron chi connectivity index (χ2n) is 25.0. The van der Waals surface area contributed by atoms with Crippen molar-refractivity contribution >= 4 is 0 Å². The van der Waals surface area contributed by atoms with Gasteiger partial charge in [0.25, 0.3) is 0 Å². The number of hydrogen-bond acceptors (Lipinski definition) is 9. The molecule has 0 aromatic heterocycles. The molecule has 0 bridgehead atoms. The van der Waals surface area contributed by atoms with E-state index in [0.29, 0.717) is 33.2 Å². The maximum atomic E-state index is 3.47. The van der Waals surface area contributed by atoms with E-state index >= 15 is 0 Å². The molecule has 0 aliphatic carbocycles. The molecule has 0 amide bonds. The van der Waals surface area contributed by atoms with Crippen molar-refractivity contribution in [3.63, 3.8) is 0 Å². The summed E-state index contributed by atoms with van der Waals surface area (Å²) in [6.45, 7) is 91.7. The second kappa shape index (κ2) is 48.5. The van der Waals surface area contributed by atoms with Crippen LogP contribution in [0.1, 0.15) is 267 Å². The summed E-state index contributed by atoms with van der Waals surface area (Å²) in [6.07, 6.45) is 9.73. The third-order valence-corrected chi connectivity index (χ3v) is 13.9. The van der Waals surface area contributed by atoms with Crippen LogP contribution in [0.25, 0.3) is 0 Å². The molecule has 7 heterocycles. The smallest absolute Gasteiger partial charge is 0.0126 e. The molecule has 3 N–H and O–H groups in total. The zero-order valence-corrected chi connectivity index (χ0v) is 58.0. The number of likely N-dealkylation sites (tertiary alicyclic amines) is 4. The topological polar surface area (TPSA) is 55.5 Å². The standard InChI is InChI=1S/C10H20N2.C9H20N2.C9H19N.C8H18N2.C8H17N.C7H15N.7C2H6/c1-10(2,3)12-6-8-4-11-5-9(8)7-12;1-9(2,3)11-7-4-5-10-6-8-11;1-9(2,3)10-7-5-4-6-8-10;1-8(2,3)10-6-4-9-5-7-10;1-8(2,3)9-6-4-5-7-9;1-7(2,3)8-5-4-6-8;7*1-2/h8-9,11H,4-7H2,1-3H3;10H,4-8H2,1-3H3;4-8H2,1-3H3;9H,4-7H2,1-3H3;4-7H2,1-3H3;4-6H2,1-3H3;7*1-2H3.